The Labute approximate surface area is 149 Å². The molecule has 0 aromatic heterocycles. The Bertz CT molecular complexity index is 664. The normalized spacial score (nSPS) is 18.0. The van der Waals surface area contributed by atoms with E-state index in [-0.39, 0.29) is 18.1 Å². The maximum absolute atomic E-state index is 12.4. The van der Waals surface area contributed by atoms with E-state index >= 15 is 0 Å². The molecule has 0 spiro atoms. The Morgan fingerprint density at radius 3 is 2.52 bits per heavy atom. The van der Waals surface area contributed by atoms with Crippen molar-refractivity contribution < 1.29 is 9.53 Å². The number of carbonyl (C=O) groups is 1. The second-order valence-corrected chi connectivity index (χ2v) is 6.59. The minimum atomic E-state index is -0.140. The van der Waals surface area contributed by atoms with Gasteiger partial charge in [-0.1, -0.05) is 60.2 Å². The summed E-state index contributed by atoms with van der Waals surface area (Å²) < 4.78 is 5.57. The summed E-state index contributed by atoms with van der Waals surface area (Å²) in [6.07, 6.45) is 2.43. The van der Waals surface area contributed by atoms with Crippen molar-refractivity contribution in [2.24, 2.45) is 0 Å². The van der Waals surface area contributed by atoms with Crippen LogP contribution in [0.1, 0.15) is 35.6 Å². The summed E-state index contributed by atoms with van der Waals surface area (Å²) in [6.45, 7) is 3.93. The summed E-state index contributed by atoms with van der Waals surface area (Å²) in [7, 11) is 0. The van der Waals surface area contributed by atoms with Crippen molar-refractivity contribution in [3.05, 3.63) is 71.3 Å². The van der Waals surface area contributed by atoms with Crippen LogP contribution in [0.2, 0.25) is 0 Å². The molecule has 0 bridgehead atoms. The minimum absolute atomic E-state index is 0.00701. The fourth-order valence-electron chi connectivity index (χ4n) is 3.13. The van der Waals surface area contributed by atoms with E-state index < -0.39 is 0 Å². The third kappa shape index (κ3) is 5.15. The summed E-state index contributed by atoms with van der Waals surface area (Å²) in [5, 5.41) is 6.36. The molecule has 4 nitrogen and oxygen atoms in total. The zero-order chi connectivity index (χ0) is 17.5. The van der Waals surface area contributed by atoms with Crippen molar-refractivity contribution >= 4 is 5.91 Å². The van der Waals surface area contributed by atoms with Crippen molar-refractivity contribution in [1.82, 2.24) is 10.6 Å². The van der Waals surface area contributed by atoms with Crippen molar-refractivity contribution in [2.75, 3.05) is 19.7 Å². The lowest BCUT2D eigenvalue weighted by Crippen LogP contribution is -2.39. The van der Waals surface area contributed by atoms with Gasteiger partial charge in [-0.05, 0) is 30.9 Å². The number of hydrogen-bond donors (Lipinski definition) is 2. The fraction of sp³-hybridized carbons (Fsp3) is 0.381. The van der Waals surface area contributed by atoms with Crippen LogP contribution in [0.15, 0.2) is 54.6 Å². The molecule has 1 aliphatic heterocycles. The van der Waals surface area contributed by atoms with Crippen LogP contribution in [0.3, 0.4) is 0 Å². The second-order valence-electron chi connectivity index (χ2n) is 6.59. The lowest BCUT2D eigenvalue weighted by molar-refractivity contribution is -0.120. The van der Waals surface area contributed by atoms with E-state index in [4.69, 9.17) is 4.74 Å². The number of rotatable bonds is 7. The van der Waals surface area contributed by atoms with E-state index in [0.717, 1.165) is 37.1 Å². The first-order chi connectivity index (χ1) is 12.2. The summed E-state index contributed by atoms with van der Waals surface area (Å²) in [5.74, 6) is -0.00701. The summed E-state index contributed by atoms with van der Waals surface area (Å²) >= 11 is 0. The fourth-order valence-corrected chi connectivity index (χ4v) is 3.13. The predicted molar refractivity (Wildman–Crippen MR) is 99.5 cm³/mol. The van der Waals surface area contributed by atoms with Gasteiger partial charge in [-0.2, -0.15) is 0 Å². The highest BCUT2D eigenvalue weighted by Gasteiger charge is 2.18. The molecule has 0 aliphatic carbocycles. The molecule has 1 saturated heterocycles. The highest BCUT2D eigenvalue weighted by molar-refractivity contribution is 5.79. The van der Waals surface area contributed by atoms with Crippen LogP contribution >= 0.6 is 0 Å². The first-order valence-corrected chi connectivity index (χ1v) is 8.95. The Hall–Kier alpha value is -2.17. The van der Waals surface area contributed by atoms with E-state index in [1.54, 1.807) is 0 Å². The first-order valence-electron chi connectivity index (χ1n) is 8.95. The SMILES string of the molecule is Cc1ccc(C(NC(=O)CNCC2CCCO2)c2ccccc2)cc1. The molecular weight excluding hydrogens is 312 g/mol. The molecule has 0 saturated carbocycles. The van der Waals surface area contributed by atoms with Crippen molar-refractivity contribution in [2.45, 2.75) is 31.9 Å². The van der Waals surface area contributed by atoms with Crippen LogP contribution in [-0.4, -0.2) is 31.7 Å². The van der Waals surface area contributed by atoms with E-state index in [0.29, 0.717) is 6.54 Å². The molecule has 2 unspecified atom stereocenters. The van der Waals surface area contributed by atoms with Gasteiger partial charge in [-0.25, -0.2) is 0 Å². The maximum Gasteiger partial charge on any atom is 0.234 e. The molecule has 1 aliphatic rings. The predicted octanol–water partition coefficient (Wildman–Crippen LogP) is 2.97. The van der Waals surface area contributed by atoms with Gasteiger partial charge in [-0.15, -0.1) is 0 Å². The molecule has 0 radical (unpaired) electrons. The number of benzene rings is 2. The molecule has 2 N–H and O–H groups in total. The highest BCUT2D eigenvalue weighted by Crippen LogP contribution is 2.22. The topological polar surface area (TPSA) is 50.4 Å². The summed E-state index contributed by atoms with van der Waals surface area (Å²) in [5.41, 5.74) is 3.38. The maximum atomic E-state index is 12.4. The third-order valence-electron chi connectivity index (χ3n) is 4.53. The third-order valence-corrected chi connectivity index (χ3v) is 4.53. The number of ether oxygens (including phenoxy) is 1. The summed E-state index contributed by atoms with van der Waals surface area (Å²) in [4.78, 5) is 12.4. The van der Waals surface area contributed by atoms with Crippen LogP contribution < -0.4 is 10.6 Å². The van der Waals surface area contributed by atoms with Gasteiger partial charge in [0.05, 0.1) is 18.7 Å². The van der Waals surface area contributed by atoms with Crippen LogP contribution in [0, 0.1) is 6.92 Å². The molecular formula is C21H26N2O2. The van der Waals surface area contributed by atoms with Crippen molar-refractivity contribution in [3.63, 3.8) is 0 Å². The number of nitrogens with one attached hydrogen (secondary N) is 2. The van der Waals surface area contributed by atoms with E-state index in [1.165, 1.54) is 5.56 Å². The van der Waals surface area contributed by atoms with Gasteiger partial charge in [0.2, 0.25) is 5.91 Å². The van der Waals surface area contributed by atoms with Crippen LogP contribution in [0.25, 0.3) is 0 Å². The number of aryl methyl sites for hydroxylation is 1. The minimum Gasteiger partial charge on any atom is -0.377 e. The molecule has 1 amide bonds. The van der Waals surface area contributed by atoms with Crippen LogP contribution in [-0.2, 0) is 9.53 Å². The molecule has 4 heteroatoms. The molecule has 2 aromatic carbocycles. The monoisotopic (exact) mass is 338 g/mol. The van der Waals surface area contributed by atoms with Gasteiger partial charge in [0.1, 0.15) is 0 Å². The van der Waals surface area contributed by atoms with Gasteiger partial charge < -0.3 is 15.4 Å². The first kappa shape index (κ1) is 17.6. The lowest BCUT2D eigenvalue weighted by atomic mass is 9.98. The zero-order valence-electron chi connectivity index (χ0n) is 14.7. The number of hydrogen-bond acceptors (Lipinski definition) is 3. The highest BCUT2D eigenvalue weighted by atomic mass is 16.5. The number of carbonyl (C=O) groups excluding carboxylic acids is 1. The molecule has 2 atom stereocenters. The summed E-state index contributed by atoms with van der Waals surface area (Å²) in [6, 6.07) is 18.2. The molecule has 132 valence electrons. The van der Waals surface area contributed by atoms with Crippen LogP contribution in [0.5, 0.6) is 0 Å². The van der Waals surface area contributed by atoms with E-state index in [2.05, 4.69) is 41.8 Å². The van der Waals surface area contributed by atoms with E-state index in [1.807, 2.05) is 30.3 Å². The van der Waals surface area contributed by atoms with Gasteiger partial charge in [0, 0.05) is 13.2 Å². The van der Waals surface area contributed by atoms with E-state index in [9.17, 15) is 4.79 Å². The smallest absolute Gasteiger partial charge is 0.234 e. The quantitative estimate of drug-likeness (QED) is 0.816. The van der Waals surface area contributed by atoms with Gasteiger partial charge in [-0.3, -0.25) is 4.79 Å². The Balaban J connectivity index is 1.62. The molecule has 1 fully saturated rings. The Kier molecular flexibility index (Phi) is 6.20. The second kappa shape index (κ2) is 8.79. The average Bonchev–Trinajstić information content (AvgIpc) is 3.15. The zero-order valence-corrected chi connectivity index (χ0v) is 14.7. The molecule has 1 heterocycles. The van der Waals surface area contributed by atoms with Gasteiger partial charge >= 0.3 is 0 Å². The van der Waals surface area contributed by atoms with Crippen molar-refractivity contribution in [1.29, 1.82) is 0 Å². The number of amides is 1. The molecule has 3 rings (SSSR count). The molecule has 2 aromatic rings. The lowest BCUT2D eigenvalue weighted by Gasteiger charge is -2.20. The van der Waals surface area contributed by atoms with Crippen molar-refractivity contribution in [3.8, 4) is 0 Å². The van der Waals surface area contributed by atoms with Gasteiger partial charge in [0.25, 0.3) is 0 Å². The Morgan fingerprint density at radius 1 is 1.12 bits per heavy atom. The Morgan fingerprint density at radius 2 is 1.84 bits per heavy atom. The van der Waals surface area contributed by atoms with Gasteiger partial charge in [0.15, 0.2) is 0 Å². The average molecular weight is 338 g/mol. The molecule has 25 heavy (non-hydrogen) atoms. The standard InChI is InChI=1S/C21H26N2O2/c1-16-9-11-18(12-10-16)21(17-6-3-2-4-7-17)23-20(24)15-22-14-19-8-5-13-25-19/h2-4,6-7,9-12,19,21-22H,5,8,13-15H2,1H3,(H,23,24). The largest absolute Gasteiger partial charge is 0.377 e. The van der Waals surface area contributed by atoms with Crippen LogP contribution in [0.4, 0.5) is 0 Å².